The van der Waals surface area contributed by atoms with E-state index in [-0.39, 0.29) is 11.2 Å². The van der Waals surface area contributed by atoms with Crippen molar-refractivity contribution >= 4 is 54.4 Å². The van der Waals surface area contributed by atoms with Crippen molar-refractivity contribution in [1.29, 1.82) is 0 Å². The summed E-state index contributed by atoms with van der Waals surface area (Å²) in [6, 6.07) is 40.5. The molecule has 0 saturated heterocycles. The number of hydrogen-bond donors (Lipinski definition) is 2. The first-order valence-corrected chi connectivity index (χ1v) is 19.6. The normalized spacial score (nSPS) is 13.6. The van der Waals surface area contributed by atoms with Crippen LogP contribution in [0.15, 0.2) is 140 Å². The first-order valence-electron chi connectivity index (χ1n) is 14.6. The summed E-state index contributed by atoms with van der Waals surface area (Å²) in [5.41, 5.74) is -1.36. The van der Waals surface area contributed by atoms with Crippen LogP contribution in [0.3, 0.4) is 0 Å². The van der Waals surface area contributed by atoms with Gasteiger partial charge in [-0.15, -0.1) is 0 Å². The zero-order valence-electron chi connectivity index (χ0n) is 24.8. The Balaban J connectivity index is 1.61. The van der Waals surface area contributed by atoms with Crippen molar-refractivity contribution in [3.8, 4) is 0 Å². The Morgan fingerprint density at radius 3 is 1.51 bits per heavy atom. The Labute approximate surface area is 282 Å². The Morgan fingerprint density at radius 1 is 0.638 bits per heavy atom. The van der Waals surface area contributed by atoms with Crippen LogP contribution in [0, 0.1) is 0 Å². The van der Waals surface area contributed by atoms with Gasteiger partial charge in [0.2, 0.25) is 0 Å². The fraction of sp³-hybridized carbons (Fsp3) is 0.139. The van der Waals surface area contributed by atoms with Crippen LogP contribution < -0.4 is 21.2 Å². The van der Waals surface area contributed by atoms with E-state index in [4.69, 9.17) is 12.2 Å². The number of hydrogen-bond acceptors (Lipinski definition) is 1. The van der Waals surface area contributed by atoms with E-state index < -0.39 is 40.5 Å². The number of halogens is 7. The molecule has 0 unspecified atom stereocenters. The molecule has 0 radical (unpaired) electrons. The third kappa shape index (κ3) is 8.06. The predicted molar refractivity (Wildman–Crippen MR) is 188 cm³/mol. The molecule has 11 heteroatoms. The summed E-state index contributed by atoms with van der Waals surface area (Å²) in [6.07, 6.45) is -8.91. The first kappa shape index (κ1) is 34.6. The van der Waals surface area contributed by atoms with E-state index in [1.54, 1.807) is 0 Å². The molecule has 0 saturated carbocycles. The van der Waals surface area contributed by atoms with Crippen molar-refractivity contribution in [3.63, 3.8) is 0 Å². The summed E-state index contributed by atoms with van der Waals surface area (Å²) in [7, 11) is 0. The molecule has 0 aliphatic rings. The Kier molecular flexibility index (Phi) is 10.2. The number of rotatable bonds is 9. The second-order valence-corrected chi connectivity index (χ2v) is 21.2. The predicted octanol–water partition coefficient (Wildman–Crippen LogP) is 10.5. The monoisotopic (exact) mass is 746 g/mol. The number of anilines is 1. The zero-order valence-corrected chi connectivity index (χ0v) is 28.1. The summed E-state index contributed by atoms with van der Waals surface area (Å²) in [6.45, 7) is 0. The van der Waals surface area contributed by atoms with Crippen molar-refractivity contribution in [1.82, 2.24) is 5.32 Å². The van der Waals surface area contributed by atoms with E-state index in [1.807, 2.05) is 84.9 Å². The average Bonchev–Trinajstić information content (AvgIpc) is 3.05. The molecule has 0 bridgehead atoms. The van der Waals surface area contributed by atoms with Crippen molar-refractivity contribution in [3.05, 3.63) is 162 Å². The molecule has 0 aliphatic carbocycles. The Bertz CT molecular complexity index is 1730. The molecule has 0 fully saturated rings. The van der Waals surface area contributed by atoms with E-state index in [9.17, 15) is 26.3 Å². The second kappa shape index (κ2) is 13.8. The van der Waals surface area contributed by atoms with Gasteiger partial charge in [-0.05, 0) is 0 Å². The van der Waals surface area contributed by atoms with E-state index in [2.05, 4.69) is 62.5 Å². The standard InChI is InChI=1S/C36H30BrF6N2PS/c37-46(31-17-9-3-10-18-31,32-19-11-4-12-20-32,24-26-13-5-1-6-14-26)25-33(27-15-7-2-8-16-27)45-34(47)44-30-22-28(35(38,39)40)21-29(23-30)36(41,42)43/h1-23,33H,24-25H2,(H2,44,45,47)/t33-/m1/s1. The first-order chi connectivity index (χ1) is 22.2. The van der Waals surface area contributed by atoms with Gasteiger partial charge in [-0.3, -0.25) is 0 Å². The van der Waals surface area contributed by atoms with E-state index >= 15 is 0 Å². The number of benzene rings is 5. The third-order valence-electron chi connectivity index (χ3n) is 7.97. The van der Waals surface area contributed by atoms with Gasteiger partial charge in [0.15, 0.2) is 0 Å². The third-order valence-corrected chi connectivity index (χ3v) is 17.4. The van der Waals surface area contributed by atoms with Gasteiger partial charge in [0.05, 0.1) is 0 Å². The van der Waals surface area contributed by atoms with Gasteiger partial charge < -0.3 is 0 Å². The van der Waals surface area contributed by atoms with Gasteiger partial charge in [0, 0.05) is 0 Å². The van der Waals surface area contributed by atoms with Gasteiger partial charge >= 0.3 is 284 Å². The SMILES string of the molecule is FC(F)(F)c1cc(NC(=S)N[C@H](CP(Br)(Cc2ccccc2)(c2ccccc2)c2ccccc2)c2ccccc2)cc(C(F)(F)F)c1. The van der Waals surface area contributed by atoms with Crippen molar-refractivity contribution in [2.75, 3.05) is 11.5 Å². The molecule has 2 N–H and O–H groups in total. The molecule has 0 aromatic heterocycles. The molecule has 47 heavy (non-hydrogen) atoms. The molecule has 0 heterocycles. The number of alkyl halides is 6. The molecular formula is C36H30BrF6N2PS. The molecule has 2 nitrogen and oxygen atoms in total. The van der Waals surface area contributed by atoms with E-state index in [1.165, 1.54) is 0 Å². The van der Waals surface area contributed by atoms with Crippen LogP contribution >= 0.6 is 33.0 Å². The maximum atomic E-state index is 13.6. The Morgan fingerprint density at radius 2 is 1.06 bits per heavy atom. The van der Waals surface area contributed by atoms with Crippen molar-refractivity contribution in [2.24, 2.45) is 0 Å². The molecule has 5 rings (SSSR count). The molecule has 1 atom stereocenters. The van der Waals surface area contributed by atoms with Crippen LogP contribution in [0.2, 0.25) is 0 Å². The molecule has 244 valence electrons. The van der Waals surface area contributed by atoms with Crippen LogP contribution in [-0.4, -0.2) is 11.3 Å². The maximum absolute atomic E-state index is 13.6. The summed E-state index contributed by atoms with van der Waals surface area (Å²) in [5, 5.41) is 4.48. The Hall–Kier alpha value is -3.72. The van der Waals surface area contributed by atoms with E-state index in [0.29, 0.717) is 24.5 Å². The summed E-state index contributed by atoms with van der Waals surface area (Å²) >= 11 is 10.0. The summed E-state index contributed by atoms with van der Waals surface area (Å²) in [4.78, 5) is 0. The van der Waals surface area contributed by atoms with Crippen molar-refractivity contribution < 1.29 is 26.3 Å². The van der Waals surface area contributed by atoms with Crippen LogP contribution in [0.25, 0.3) is 0 Å². The molecule has 5 aromatic carbocycles. The van der Waals surface area contributed by atoms with Gasteiger partial charge in [-0.2, -0.15) is 0 Å². The average molecular weight is 748 g/mol. The molecule has 0 amide bonds. The van der Waals surface area contributed by atoms with Crippen molar-refractivity contribution in [2.45, 2.75) is 24.6 Å². The molecule has 5 aromatic rings. The second-order valence-electron chi connectivity index (χ2n) is 11.2. The van der Waals surface area contributed by atoms with Crippen LogP contribution in [-0.2, 0) is 18.5 Å². The minimum atomic E-state index is -4.99. The fourth-order valence-corrected chi connectivity index (χ4v) is 14.1. The van der Waals surface area contributed by atoms with Gasteiger partial charge in [-0.25, -0.2) is 0 Å². The number of nitrogens with one attached hydrogen (secondary N) is 2. The molecule has 0 spiro atoms. The molecular weight excluding hydrogens is 717 g/mol. The topological polar surface area (TPSA) is 24.1 Å². The number of thiocarbonyl (C=S) groups is 1. The van der Waals surface area contributed by atoms with Crippen LogP contribution in [0.5, 0.6) is 0 Å². The van der Waals surface area contributed by atoms with Gasteiger partial charge in [0.1, 0.15) is 0 Å². The quantitative estimate of drug-likeness (QED) is 0.0892. The van der Waals surface area contributed by atoms with E-state index in [0.717, 1.165) is 21.7 Å². The minimum absolute atomic E-state index is 0.0892. The van der Waals surface area contributed by atoms with Crippen LogP contribution in [0.4, 0.5) is 32.0 Å². The zero-order chi connectivity index (χ0) is 33.7. The van der Waals surface area contributed by atoms with Gasteiger partial charge in [0.25, 0.3) is 0 Å². The van der Waals surface area contributed by atoms with Gasteiger partial charge in [-0.1, -0.05) is 0 Å². The summed E-state index contributed by atoms with van der Waals surface area (Å²) in [5.74, 6) is 0. The fourth-order valence-electron chi connectivity index (χ4n) is 5.76. The molecule has 0 aliphatic heterocycles. The summed E-state index contributed by atoms with van der Waals surface area (Å²) < 4.78 is 81.5. The van der Waals surface area contributed by atoms with Crippen LogP contribution in [0.1, 0.15) is 28.3 Å².